The highest BCUT2D eigenvalue weighted by molar-refractivity contribution is 5.96. The second kappa shape index (κ2) is 9.43. The van der Waals surface area contributed by atoms with Crippen LogP contribution >= 0.6 is 0 Å². The number of carbonyl (C=O) groups is 1. The minimum atomic E-state index is 0.0719. The number of aromatic nitrogens is 1. The Bertz CT molecular complexity index is 1070. The Hall–Kier alpha value is -3.36. The first kappa shape index (κ1) is 19.9. The number of fused-ring (bicyclic) bond motifs is 1. The molecular formula is C25H27N4O+. The Kier molecular flexibility index (Phi) is 6.26. The van der Waals surface area contributed by atoms with Gasteiger partial charge in [-0.3, -0.25) is 4.79 Å². The number of quaternary nitrogens is 1. The number of piperazine rings is 1. The number of benzene rings is 2. The van der Waals surface area contributed by atoms with Crippen molar-refractivity contribution >= 4 is 22.9 Å². The predicted molar refractivity (Wildman–Crippen MR) is 119 cm³/mol. The van der Waals surface area contributed by atoms with Crippen LogP contribution in [0.25, 0.3) is 17.0 Å². The molecule has 3 aromatic rings. The number of rotatable bonds is 6. The monoisotopic (exact) mass is 399 g/mol. The lowest BCUT2D eigenvalue weighted by molar-refractivity contribution is -0.917. The van der Waals surface area contributed by atoms with E-state index in [0.29, 0.717) is 13.0 Å². The SMILES string of the molecule is N#CCCn1cc(/C=C/C(=O)N2CC[NH+](Cc3ccccc3)CC2)c2ccccc21. The second-order valence-corrected chi connectivity index (χ2v) is 7.77. The van der Waals surface area contributed by atoms with Crippen molar-refractivity contribution in [1.29, 1.82) is 5.26 Å². The fourth-order valence-electron chi connectivity index (χ4n) is 4.13. The van der Waals surface area contributed by atoms with E-state index < -0.39 is 0 Å². The highest BCUT2D eigenvalue weighted by Gasteiger charge is 2.22. The quantitative estimate of drug-likeness (QED) is 0.648. The molecule has 0 aliphatic carbocycles. The van der Waals surface area contributed by atoms with Gasteiger partial charge < -0.3 is 14.4 Å². The smallest absolute Gasteiger partial charge is 0.246 e. The number of nitriles is 1. The van der Waals surface area contributed by atoms with E-state index in [0.717, 1.165) is 49.2 Å². The average molecular weight is 400 g/mol. The van der Waals surface area contributed by atoms with E-state index >= 15 is 0 Å². The van der Waals surface area contributed by atoms with E-state index in [4.69, 9.17) is 5.26 Å². The molecule has 0 spiro atoms. The summed E-state index contributed by atoms with van der Waals surface area (Å²) in [7, 11) is 0. The summed E-state index contributed by atoms with van der Waals surface area (Å²) in [6, 6.07) is 20.9. The maximum atomic E-state index is 12.7. The minimum absolute atomic E-state index is 0.0719. The third-order valence-corrected chi connectivity index (χ3v) is 5.77. The van der Waals surface area contributed by atoms with Gasteiger partial charge in [0.05, 0.1) is 38.7 Å². The van der Waals surface area contributed by atoms with Crippen molar-refractivity contribution in [2.24, 2.45) is 0 Å². The van der Waals surface area contributed by atoms with E-state index in [1.54, 1.807) is 6.08 Å². The van der Waals surface area contributed by atoms with E-state index in [9.17, 15) is 4.79 Å². The molecule has 1 amide bonds. The van der Waals surface area contributed by atoms with Crippen LogP contribution < -0.4 is 4.90 Å². The molecule has 0 bridgehead atoms. The first-order chi connectivity index (χ1) is 14.7. The summed E-state index contributed by atoms with van der Waals surface area (Å²) < 4.78 is 2.09. The molecule has 5 heteroatoms. The van der Waals surface area contributed by atoms with Crippen molar-refractivity contribution in [3.8, 4) is 6.07 Å². The number of hydrogen-bond donors (Lipinski definition) is 1. The molecule has 0 saturated carbocycles. The van der Waals surface area contributed by atoms with E-state index in [1.165, 1.54) is 10.5 Å². The van der Waals surface area contributed by atoms with Crippen LogP contribution in [0.1, 0.15) is 17.5 Å². The van der Waals surface area contributed by atoms with Gasteiger partial charge in [-0.25, -0.2) is 0 Å². The fourth-order valence-corrected chi connectivity index (χ4v) is 4.13. The summed E-state index contributed by atoms with van der Waals surface area (Å²) in [5.74, 6) is 0.0719. The van der Waals surface area contributed by atoms with Gasteiger partial charge in [-0.15, -0.1) is 0 Å². The van der Waals surface area contributed by atoms with Gasteiger partial charge in [-0.05, 0) is 12.1 Å². The van der Waals surface area contributed by atoms with Crippen LogP contribution in [-0.2, 0) is 17.9 Å². The molecule has 1 saturated heterocycles. The molecule has 1 aliphatic rings. The number of aryl methyl sites for hydroxylation is 1. The van der Waals surface area contributed by atoms with Crippen LogP contribution in [0.5, 0.6) is 0 Å². The van der Waals surface area contributed by atoms with Crippen LogP contribution in [0.3, 0.4) is 0 Å². The average Bonchev–Trinajstić information content (AvgIpc) is 3.15. The number of nitrogens with zero attached hydrogens (tertiary/aromatic N) is 3. The molecule has 1 N–H and O–H groups in total. The van der Waals surface area contributed by atoms with Crippen LogP contribution in [0.2, 0.25) is 0 Å². The van der Waals surface area contributed by atoms with Crippen molar-refractivity contribution in [3.05, 3.63) is 78.0 Å². The Morgan fingerprint density at radius 3 is 2.57 bits per heavy atom. The third-order valence-electron chi connectivity index (χ3n) is 5.77. The lowest BCUT2D eigenvalue weighted by atomic mass is 10.1. The molecule has 4 rings (SSSR count). The largest absolute Gasteiger partial charge is 0.346 e. The first-order valence-electron chi connectivity index (χ1n) is 10.5. The van der Waals surface area contributed by atoms with Crippen molar-refractivity contribution < 1.29 is 9.69 Å². The van der Waals surface area contributed by atoms with Gasteiger partial charge in [0.25, 0.3) is 0 Å². The van der Waals surface area contributed by atoms with Crippen LogP contribution in [0.15, 0.2) is 66.9 Å². The topological polar surface area (TPSA) is 53.5 Å². The normalized spacial score (nSPS) is 15.0. The summed E-state index contributed by atoms with van der Waals surface area (Å²) in [6.45, 7) is 5.19. The van der Waals surface area contributed by atoms with E-state index in [2.05, 4.69) is 47.0 Å². The fraction of sp³-hybridized carbons (Fsp3) is 0.280. The molecule has 1 fully saturated rings. The third kappa shape index (κ3) is 4.61. The van der Waals surface area contributed by atoms with Crippen molar-refractivity contribution in [3.63, 3.8) is 0 Å². The number of amides is 1. The van der Waals surface area contributed by atoms with Crippen molar-refractivity contribution in [2.45, 2.75) is 19.5 Å². The number of hydrogen-bond acceptors (Lipinski definition) is 2. The predicted octanol–water partition coefficient (Wildman–Crippen LogP) is 2.50. The summed E-state index contributed by atoms with van der Waals surface area (Å²) in [4.78, 5) is 16.2. The highest BCUT2D eigenvalue weighted by Crippen LogP contribution is 2.23. The van der Waals surface area contributed by atoms with Gasteiger partial charge in [-0.1, -0.05) is 48.5 Å². The first-order valence-corrected chi connectivity index (χ1v) is 10.5. The highest BCUT2D eigenvalue weighted by atomic mass is 16.2. The number of nitrogens with one attached hydrogen (secondary N) is 1. The standard InChI is InChI=1S/C25H26N4O/c26-13-6-14-29-20-22(23-9-4-5-10-24(23)29)11-12-25(30)28-17-15-27(16-18-28)19-21-7-2-1-3-8-21/h1-5,7-12,20H,6,14-19H2/p+1/b12-11+. The maximum absolute atomic E-state index is 12.7. The Morgan fingerprint density at radius 1 is 1.07 bits per heavy atom. The van der Waals surface area contributed by atoms with Gasteiger partial charge in [-0.2, -0.15) is 5.26 Å². The summed E-state index contributed by atoms with van der Waals surface area (Å²) in [5, 5.41) is 10.0. The summed E-state index contributed by atoms with van der Waals surface area (Å²) in [5.41, 5.74) is 3.46. The van der Waals surface area contributed by atoms with E-state index in [-0.39, 0.29) is 5.91 Å². The molecule has 2 heterocycles. The molecular weight excluding hydrogens is 372 g/mol. The Morgan fingerprint density at radius 2 is 1.80 bits per heavy atom. The second-order valence-electron chi connectivity index (χ2n) is 7.77. The van der Waals surface area contributed by atoms with Gasteiger partial charge in [0.1, 0.15) is 6.54 Å². The molecule has 0 radical (unpaired) electrons. The molecule has 30 heavy (non-hydrogen) atoms. The Labute approximate surface area is 177 Å². The minimum Gasteiger partial charge on any atom is -0.346 e. The van der Waals surface area contributed by atoms with E-state index in [1.807, 2.05) is 35.4 Å². The number of para-hydroxylation sites is 1. The number of carbonyl (C=O) groups excluding carboxylic acids is 1. The van der Waals surface area contributed by atoms with Gasteiger partial charge in [0.2, 0.25) is 5.91 Å². The van der Waals surface area contributed by atoms with Crippen molar-refractivity contribution in [2.75, 3.05) is 26.2 Å². The zero-order valence-electron chi connectivity index (χ0n) is 17.1. The Balaban J connectivity index is 1.38. The molecule has 0 atom stereocenters. The molecule has 0 unspecified atom stereocenters. The lowest BCUT2D eigenvalue weighted by Crippen LogP contribution is -3.13. The van der Waals surface area contributed by atoms with Crippen LogP contribution in [0, 0.1) is 11.3 Å². The molecule has 1 aliphatic heterocycles. The lowest BCUT2D eigenvalue weighted by Gasteiger charge is -2.31. The van der Waals surface area contributed by atoms with Crippen LogP contribution in [-0.4, -0.2) is 41.6 Å². The summed E-state index contributed by atoms with van der Waals surface area (Å²) in [6.07, 6.45) is 6.11. The molecule has 152 valence electrons. The van der Waals surface area contributed by atoms with Crippen LogP contribution in [0.4, 0.5) is 0 Å². The maximum Gasteiger partial charge on any atom is 0.246 e. The molecule has 1 aromatic heterocycles. The van der Waals surface area contributed by atoms with Crippen molar-refractivity contribution in [1.82, 2.24) is 9.47 Å². The molecule has 2 aromatic carbocycles. The van der Waals surface area contributed by atoms with Gasteiger partial charge >= 0.3 is 0 Å². The molecule has 5 nitrogen and oxygen atoms in total. The zero-order chi connectivity index (χ0) is 20.8. The zero-order valence-corrected chi connectivity index (χ0v) is 17.1. The van der Waals surface area contributed by atoms with Gasteiger partial charge in [0.15, 0.2) is 0 Å². The van der Waals surface area contributed by atoms with Gasteiger partial charge in [0, 0.05) is 40.8 Å². The summed E-state index contributed by atoms with van der Waals surface area (Å²) >= 11 is 0.